The zero-order chi connectivity index (χ0) is 22.5. The van der Waals surface area contributed by atoms with Crippen LogP contribution in [-0.2, 0) is 9.53 Å². The van der Waals surface area contributed by atoms with Crippen molar-refractivity contribution in [2.24, 2.45) is 0 Å². The molecule has 0 spiro atoms. The first-order valence-corrected chi connectivity index (χ1v) is 9.67. The van der Waals surface area contributed by atoms with Crippen LogP contribution >= 0.6 is 0 Å². The summed E-state index contributed by atoms with van der Waals surface area (Å²) in [5.41, 5.74) is 3.05. The van der Waals surface area contributed by atoms with E-state index >= 15 is 0 Å². The molecule has 7 nitrogen and oxygen atoms in total. The molecule has 7 heteroatoms. The molecule has 0 aliphatic rings. The molecule has 0 bridgehead atoms. The number of benzene rings is 2. The fraction of sp³-hybridized carbons (Fsp3) is 0.348. The highest BCUT2D eigenvalue weighted by molar-refractivity contribution is 5.99. The highest BCUT2D eigenvalue weighted by Crippen LogP contribution is 2.17. The van der Waals surface area contributed by atoms with Gasteiger partial charge in [0.25, 0.3) is 5.91 Å². The molecule has 3 amide bonds. The number of ether oxygens (including phenoxy) is 1. The van der Waals surface area contributed by atoms with E-state index in [0.29, 0.717) is 11.3 Å². The third kappa shape index (κ3) is 6.92. The summed E-state index contributed by atoms with van der Waals surface area (Å²) < 4.78 is 5.20. The topological polar surface area (TPSA) is 87.7 Å². The predicted molar refractivity (Wildman–Crippen MR) is 118 cm³/mol. The van der Waals surface area contributed by atoms with Crippen molar-refractivity contribution in [2.75, 3.05) is 24.2 Å². The summed E-state index contributed by atoms with van der Waals surface area (Å²) in [4.78, 5) is 38.1. The van der Waals surface area contributed by atoms with E-state index in [-0.39, 0.29) is 18.4 Å². The van der Waals surface area contributed by atoms with E-state index in [9.17, 15) is 14.4 Å². The van der Waals surface area contributed by atoms with Crippen LogP contribution in [0.4, 0.5) is 16.2 Å². The fourth-order valence-electron chi connectivity index (χ4n) is 2.69. The lowest BCUT2D eigenvalue weighted by molar-refractivity contribution is -0.116. The summed E-state index contributed by atoms with van der Waals surface area (Å²) in [6.07, 6.45) is -0.568. The van der Waals surface area contributed by atoms with Gasteiger partial charge in [0, 0.05) is 24.0 Å². The Morgan fingerprint density at radius 2 is 1.60 bits per heavy atom. The Balaban J connectivity index is 1.94. The number of aryl methyl sites for hydroxylation is 2. The third-order valence-electron chi connectivity index (χ3n) is 4.17. The Kier molecular flexibility index (Phi) is 7.21. The van der Waals surface area contributed by atoms with Crippen molar-refractivity contribution in [3.63, 3.8) is 0 Å². The van der Waals surface area contributed by atoms with E-state index in [0.717, 1.165) is 16.8 Å². The molecule has 30 heavy (non-hydrogen) atoms. The van der Waals surface area contributed by atoms with Crippen LogP contribution in [0.25, 0.3) is 0 Å². The quantitative estimate of drug-likeness (QED) is 0.765. The molecule has 2 aromatic rings. The van der Waals surface area contributed by atoms with Crippen molar-refractivity contribution in [2.45, 2.75) is 40.2 Å². The van der Waals surface area contributed by atoms with Gasteiger partial charge in [0.2, 0.25) is 5.91 Å². The second kappa shape index (κ2) is 9.43. The van der Waals surface area contributed by atoms with Gasteiger partial charge in [0.1, 0.15) is 5.60 Å². The van der Waals surface area contributed by atoms with Crippen LogP contribution < -0.4 is 10.6 Å². The van der Waals surface area contributed by atoms with Crippen LogP contribution in [-0.4, -0.2) is 42.0 Å². The van der Waals surface area contributed by atoms with Gasteiger partial charge in [0.15, 0.2) is 0 Å². The van der Waals surface area contributed by atoms with Gasteiger partial charge in [-0.2, -0.15) is 0 Å². The number of hydrogen-bond acceptors (Lipinski definition) is 4. The minimum atomic E-state index is -0.597. The molecule has 2 N–H and O–H groups in total. The highest BCUT2D eigenvalue weighted by Gasteiger charge is 2.18. The standard InChI is InChI=1S/C23H29N3O4/c1-15-7-8-16(2)19(13-15)25-20(27)14-26(6)21(28)17-9-11-18(12-10-17)24-22(29)30-23(3,4)5/h7-13H,14H2,1-6H3,(H,24,29)(H,25,27). The molecular weight excluding hydrogens is 382 g/mol. The lowest BCUT2D eigenvalue weighted by Crippen LogP contribution is -2.35. The fourth-order valence-corrected chi connectivity index (χ4v) is 2.69. The normalized spacial score (nSPS) is 10.9. The highest BCUT2D eigenvalue weighted by atomic mass is 16.6. The molecule has 0 heterocycles. The van der Waals surface area contributed by atoms with Crippen molar-refractivity contribution < 1.29 is 19.1 Å². The number of likely N-dealkylation sites (N-methyl/N-ethyl adjacent to an activating group) is 1. The van der Waals surface area contributed by atoms with Crippen LogP contribution in [0.15, 0.2) is 42.5 Å². The molecule has 0 saturated heterocycles. The van der Waals surface area contributed by atoms with Gasteiger partial charge in [0.05, 0.1) is 6.54 Å². The summed E-state index contributed by atoms with van der Waals surface area (Å²) in [7, 11) is 1.57. The summed E-state index contributed by atoms with van der Waals surface area (Å²) in [5, 5.41) is 5.46. The number of amides is 3. The van der Waals surface area contributed by atoms with Gasteiger partial charge in [-0.25, -0.2) is 4.79 Å². The molecule has 2 rings (SSSR count). The van der Waals surface area contributed by atoms with Gasteiger partial charge in [-0.3, -0.25) is 14.9 Å². The van der Waals surface area contributed by atoms with E-state index < -0.39 is 11.7 Å². The van der Waals surface area contributed by atoms with Crippen LogP contribution in [0.1, 0.15) is 42.3 Å². The zero-order valence-electron chi connectivity index (χ0n) is 18.3. The Labute approximate surface area is 177 Å². The number of anilines is 2. The maximum Gasteiger partial charge on any atom is 0.412 e. The molecule has 0 unspecified atom stereocenters. The largest absolute Gasteiger partial charge is 0.444 e. The molecule has 160 valence electrons. The van der Waals surface area contributed by atoms with Crippen LogP contribution in [0.2, 0.25) is 0 Å². The average Bonchev–Trinajstić information content (AvgIpc) is 2.63. The van der Waals surface area contributed by atoms with E-state index in [1.165, 1.54) is 4.90 Å². The maximum absolute atomic E-state index is 12.6. The molecule has 2 aromatic carbocycles. The number of nitrogens with one attached hydrogen (secondary N) is 2. The Hall–Kier alpha value is -3.35. The van der Waals surface area contributed by atoms with Gasteiger partial charge >= 0.3 is 6.09 Å². The summed E-state index contributed by atoms with van der Waals surface area (Å²) in [6.45, 7) is 9.12. The monoisotopic (exact) mass is 411 g/mol. The second-order valence-corrected chi connectivity index (χ2v) is 8.23. The minimum Gasteiger partial charge on any atom is -0.444 e. The van der Waals surface area contributed by atoms with Gasteiger partial charge < -0.3 is 15.0 Å². The molecular formula is C23H29N3O4. The summed E-state index contributed by atoms with van der Waals surface area (Å²) in [5.74, 6) is -0.572. The lowest BCUT2D eigenvalue weighted by atomic mass is 10.1. The Morgan fingerprint density at radius 3 is 2.20 bits per heavy atom. The first-order valence-electron chi connectivity index (χ1n) is 9.67. The molecule has 0 aliphatic carbocycles. The molecule has 0 radical (unpaired) electrons. The first kappa shape index (κ1) is 22.9. The van der Waals surface area contributed by atoms with Crippen molar-refractivity contribution in [3.8, 4) is 0 Å². The number of nitrogens with zero attached hydrogens (tertiary/aromatic N) is 1. The van der Waals surface area contributed by atoms with Crippen LogP contribution in [0.5, 0.6) is 0 Å². The summed E-state index contributed by atoms with van der Waals surface area (Å²) in [6, 6.07) is 12.2. The van der Waals surface area contributed by atoms with E-state index in [1.54, 1.807) is 52.1 Å². The molecule has 0 aromatic heterocycles. The maximum atomic E-state index is 12.6. The number of carbonyl (C=O) groups is 3. The van der Waals surface area contributed by atoms with Gasteiger partial charge in [-0.1, -0.05) is 12.1 Å². The van der Waals surface area contributed by atoms with Crippen molar-refractivity contribution >= 4 is 29.3 Å². The number of rotatable bonds is 5. The number of carbonyl (C=O) groups excluding carboxylic acids is 3. The van der Waals surface area contributed by atoms with E-state index in [2.05, 4.69) is 10.6 Å². The molecule has 0 fully saturated rings. The molecule has 0 aliphatic heterocycles. The van der Waals surface area contributed by atoms with Gasteiger partial charge in [-0.05, 0) is 76.1 Å². The molecule has 0 saturated carbocycles. The smallest absolute Gasteiger partial charge is 0.412 e. The minimum absolute atomic E-state index is 0.0792. The number of hydrogen-bond donors (Lipinski definition) is 2. The SMILES string of the molecule is Cc1ccc(C)c(NC(=O)CN(C)C(=O)c2ccc(NC(=O)OC(C)(C)C)cc2)c1. The first-order chi connectivity index (χ1) is 13.9. The molecule has 0 atom stereocenters. The lowest BCUT2D eigenvalue weighted by Gasteiger charge is -2.20. The van der Waals surface area contributed by atoms with Crippen LogP contribution in [0, 0.1) is 13.8 Å². The predicted octanol–water partition coefficient (Wildman–Crippen LogP) is 4.36. The van der Waals surface area contributed by atoms with Crippen molar-refractivity contribution in [1.82, 2.24) is 4.90 Å². The van der Waals surface area contributed by atoms with Crippen molar-refractivity contribution in [1.29, 1.82) is 0 Å². The Bertz CT molecular complexity index is 930. The Morgan fingerprint density at radius 1 is 0.967 bits per heavy atom. The zero-order valence-corrected chi connectivity index (χ0v) is 18.3. The third-order valence-corrected chi connectivity index (χ3v) is 4.17. The van der Waals surface area contributed by atoms with Crippen LogP contribution in [0.3, 0.4) is 0 Å². The average molecular weight is 412 g/mol. The van der Waals surface area contributed by atoms with Gasteiger partial charge in [-0.15, -0.1) is 0 Å². The van der Waals surface area contributed by atoms with E-state index in [4.69, 9.17) is 4.74 Å². The summed E-state index contributed by atoms with van der Waals surface area (Å²) >= 11 is 0. The second-order valence-electron chi connectivity index (χ2n) is 8.23. The van der Waals surface area contributed by atoms with Crippen molar-refractivity contribution in [3.05, 3.63) is 59.2 Å². The van der Waals surface area contributed by atoms with E-state index in [1.807, 2.05) is 32.0 Å².